The van der Waals surface area contributed by atoms with Crippen LogP contribution in [0.4, 0.5) is 5.82 Å². The van der Waals surface area contributed by atoms with E-state index in [2.05, 4.69) is 16.4 Å². The molecule has 0 amide bonds. The summed E-state index contributed by atoms with van der Waals surface area (Å²) >= 11 is 0. The molecule has 3 nitrogen and oxygen atoms in total. The van der Waals surface area contributed by atoms with Gasteiger partial charge >= 0.3 is 0 Å². The van der Waals surface area contributed by atoms with Gasteiger partial charge in [0.15, 0.2) is 0 Å². The van der Waals surface area contributed by atoms with E-state index < -0.39 is 0 Å². The summed E-state index contributed by atoms with van der Waals surface area (Å²) in [6, 6.07) is 17.0. The highest BCUT2D eigenvalue weighted by Crippen LogP contribution is 2.16. The summed E-state index contributed by atoms with van der Waals surface area (Å²) in [5.74, 6) is 0.706. The molecule has 16 heavy (non-hydrogen) atoms. The minimum absolute atomic E-state index is 0.365. The number of aromatic nitrogens is 1. The molecule has 1 aromatic heterocycles. The fraction of sp³-hybridized carbons (Fsp3) is 0.0769. The van der Waals surface area contributed by atoms with Crippen molar-refractivity contribution >= 4 is 5.82 Å². The lowest BCUT2D eigenvalue weighted by molar-refractivity contribution is 0.981. The summed E-state index contributed by atoms with van der Waals surface area (Å²) in [6.45, 7) is 0. The fourth-order valence-electron chi connectivity index (χ4n) is 1.43. The zero-order valence-electron chi connectivity index (χ0n) is 8.67. The molecule has 3 heteroatoms. The highest BCUT2D eigenvalue weighted by atomic mass is 15.0. The van der Waals surface area contributed by atoms with Gasteiger partial charge in [-0.1, -0.05) is 36.4 Å². The van der Waals surface area contributed by atoms with Gasteiger partial charge in [-0.05, 0) is 17.7 Å². The van der Waals surface area contributed by atoms with E-state index in [1.165, 1.54) is 0 Å². The predicted molar refractivity (Wildman–Crippen MR) is 62.7 cm³/mol. The highest BCUT2D eigenvalue weighted by molar-refractivity contribution is 5.40. The van der Waals surface area contributed by atoms with Crippen LogP contribution in [0.1, 0.15) is 11.6 Å². The second kappa shape index (κ2) is 4.94. The minimum atomic E-state index is -0.365. The van der Waals surface area contributed by atoms with E-state index in [0.29, 0.717) is 5.82 Å². The first-order chi connectivity index (χ1) is 7.90. The molecule has 0 saturated carbocycles. The van der Waals surface area contributed by atoms with Crippen LogP contribution in [0, 0.1) is 11.3 Å². The summed E-state index contributed by atoms with van der Waals surface area (Å²) in [5, 5.41) is 12.2. The maximum atomic E-state index is 9.10. The number of pyridine rings is 1. The third-order valence-corrected chi connectivity index (χ3v) is 2.22. The van der Waals surface area contributed by atoms with Gasteiger partial charge in [-0.3, -0.25) is 0 Å². The summed E-state index contributed by atoms with van der Waals surface area (Å²) in [5.41, 5.74) is 0.940. The number of hydrogen-bond acceptors (Lipinski definition) is 3. The Kier molecular flexibility index (Phi) is 3.15. The molecule has 1 heterocycles. The molecular weight excluding hydrogens is 198 g/mol. The normalized spacial score (nSPS) is 11.4. The molecule has 1 N–H and O–H groups in total. The molecule has 0 fully saturated rings. The van der Waals surface area contributed by atoms with Gasteiger partial charge in [-0.25, -0.2) is 4.98 Å². The predicted octanol–water partition coefficient (Wildman–Crippen LogP) is 2.76. The first kappa shape index (κ1) is 10.2. The molecule has 0 aliphatic carbocycles. The van der Waals surface area contributed by atoms with Crippen molar-refractivity contribution in [2.75, 3.05) is 5.32 Å². The Labute approximate surface area is 94.4 Å². The standard InChI is InChI=1S/C13H11N3/c14-10-12(11-6-2-1-3-7-11)16-13-8-4-5-9-15-13/h1-9,12H,(H,15,16). The number of hydrogen-bond donors (Lipinski definition) is 1. The van der Waals surface area contributed by atoms with Crippen molar-refractivity contribution < 1.29 is 0 Å². The molecular formula is C13H11N3. The van der Waals surface area contributed by atoms with Crippen LogP contribution >= 0.6 is 0 Å². The average Bonchev–Trinajstić information content (AvgIpc) is 2.38. The van der Waals surface area contributed by atoms with Crippen molar-refractivity contribution in [1.29, 1.82) is 5.26 Å². The largest absolute Gasteiger partial charge is 0.351 e. The Morgan fingerprint density at radius 2 is 1.81 bits per heavy atom. The zero-order valence-corrected chi connectivity index (χ0v) is 8.67. The molecule has 0 spiro atoms. The van der Waals surface area contributed by atoms with Crippen molar-refractivity contribution in [3.63, 3.8) is 0 Å². The lowest BCUT2D eigenvalue weighted by Crippen LogP contribution is -2.09. The fourth-order valence-corrected chi connectivity index (χ4v) is 1.43. The van der Waals surface area contributed by atoms with Gasteiger partial charge in [0, 0.05) is 6.20 Å². The van der Waals surface area contributed by atoms with Gasteiger partial charge in [0.1, 0.15) is 11.9 Å². The zero-order chi connectivity index (χ0) is 11.2. The topological polar surface area (TPSA) is 48.7 Å². The molecule has 2 aromatic rings. The van der Waals surface area contributed by atoms with Crippen molar-refractivity contribution in [2.45, 2.75) is 6.04 Å². The van der Waals surface area contributed by atoms with E-state index in [0.717, 1.165) is 5.56 Å². The molecule has 1 atom stereocenters. The molecule has 0 radical (unpaired) electrons. The van der Waals surface area contributed by atoms with Gasteiger partial charge in [-0.2, -0.15) is 5.26 Å². The van der Waals surface area contributed by atoms with Crippen molar-refractivity contribution in [3.8, 4) is 6.07 Å². The van der Waals surface area contributed by atoms with E-state index in [9.17, 15) is 0 Å². The van der Waals surface area contributed by atoms with Crippen LogP contribution in [-0.2, 0) is 0 Å². The number of rotatable bonds is 3. The number of nitrogens with one attached hydrogen (secondary N) is 1. The molecule has 1 aromatic carbocycles. The quantitative estimate of drug-likeness (QED) is 0.845. The van der Waals surface area contributed by atoms with E-state index in [4.69, 9.17) is 5.26 Å². The third-order valence-electron chi connectivity index (χ3n) is 2.22. The monoisotopic (exact) mass is 209 g/mol. The Morgan fingerprint density at radius 1 is 1.06 bits per heavy atom. The molecule has 0 aliphatic rings. The SMILES string of the molecule is N#CC(Nc1ccccn1)c1ccccc1. The molecule has 0 aliphatic heterocycles. The summed E-state index contributed by atoms with van der Waals surface area (Å²) < 4.78 is 0. The van der Waals surface area contributed by atoms with E-state index in [-0.39, 0.29) is 6.04 Å². The second-order valence-electron chi connectivity index (χ2n) is 3.33. The first-order valence-electron chi connectivity index (χ1n) is 5.02. The van der Waals surface area contributed by atoms with Gasteiger partial charge in [0.2, 0.25) is 0 Å². The first-order valence-corrected chi connectivity index (χ1v) is 5.02. The van der Waals surface area contributed by atoms with Crippen LogP contribution in [0.5, 0.6) is 0 Å². The Bertz CT molecular complexity index is 474. The summed E-state index contributed by atoms with van der Waals surface area (Å²) in [6.07, 6.45) is 1.70. The van der Waals surface area contributed by atoms with E-state index in [1.807, 2.05) is 48.5 Å². The maximum Gasteiger partial charge on any atom is 0.141 e. The maximum absolute atomic E-state index is 9.10. The molecule has 1 unspecified atom stereocenters. The second-order valence-corrected chi connectivity index (χ2v) is 3.33. The molecule has 78 valence electrons. The number of benzene rings is 1. The van der Waals surface area contributed by atoms with E-state index >= 15 is 0 Å². The highest BCUT2D eigenvalue weighted by Gasteiger charge is 2.09. The molecule has 0 saturated heterocycles. The van der Waals surface area contributed by atoms with Gasteiger partial charge in [-0.15, -0.1) is 0 Å². The van der Waals surface area contributed by atoms with Crippen LogP contribution in [0.3, 0.4) is 0 Å². The van der Waals surface area contributed by atoms with Crippen LogP contribution in [-0.4, -0.2) is 4.98 Å². The van der Waals surface area contributed by atoms with Gasteiger partial charge in [0.25, 0.3) is 0 Å². The van der Waals surface area contributed by atoms with Crippen molar-refractivity contribution in [2.24, 2.45) is 0 Å². The summed E-state index contributed by atoms with van der Waals surface area (Å²) in [4.78, 5) is 4.13. The van der Waals surface area contributed by atoms with Gasteiger partial charge in [0.05, 0.1) is 6.07 Å². The lowest BCUT2D eigenvalue weighted by Gasteiger charge is -2.11. The van der Waals surface area contributed by atoms with Crippen LogP contribution < -0.4 is 5.32 Å². The Hall–Kier alpha value is -2.34. The van der Waals surface area contributed by atoms with Gasteiger partial charge < -0.3 is 5.32 Å². The lowest BCUT2D eigenvalue weighted by atomic mass is 10.1. The summed E-state index contributed by atoms with van der Waals surface area (Å²) in [7, 11) is 0. The number of nitrogens with zero attached hydrogens (tertiary/aromatic N) is 2. The third kappa shape index (κ3) is 2.37. The van der Waals surface area contributed by atoms with Crippen LogP contribution in [0.15, 0.2) is 54.7 Å². The van der Waals surface area contributed by atoms with E-state index in [1.54, 1.807) is 6.20 Å². The van der Waals surface area contributed by atoms with Crippen LogP contribution in [0.2, 0.25) is 0 Å². The minimum Gasteiger partial charge on any atom is -0.351 e. The smallest absolute Gasteiger partial charge is 0.141 e. The molecule has 2 rings (SSSR count). The Morgan fingerprint density at radius 3 is 2.44 bits per heavy atom. The van der Waals surface area contributed by atoms with Crippen LogP contribution in [0.25, 0.3) is 0 Å². The average molecular weight is 209 g/mol. The Balaban J connectivity index is 2.17. The molecule has 0 bridgehead atoms. The van der Waals surface area contributed by atoms with Crippen molar-refractivity contribution in [3.05, 3.63) is 60.3 Å². The number of anilines is 1. The number of nitriles is 1. The van der Waals surface area contributed by atoms with Crippen molar-refractivity contribution in [1.82, 2.24) is 4.98 Å².